The second-order valence-electron chi connectivity index (χ2n) is 7.17. The zero-order valence-corrected chi connectivity index (χ0v) is 16.1. The molecule has 0 aromatic rings. The summed E-state index contributed by atoms with van der Waals surface area (Å²) in [5.74, 6) is 0.921. The lowest BCUT2D eigenvalue weighted by atomic mass is 10.1. The summed E-state index contributed by atoms with van der Waals surface area (Å²) in [6.07, 6.45) is 10.1. The van der Waals surface area contributed by atoms with Gasteiger partial charge in [-0.1, -0.05) is 12.8 Å². The summed E-state index contributed by atoms with van der Waals surface area (Å²) in [6, 6.07) is 0. The minimum Gasteiger partial charge on any atom is -0.357 e. The number of hydrogen-bond acceptors (Lipinski definition) is 3. The fourth-order valence-electron chi connectivity index (χ4n) is 3.60. The van der Waals surface area contributed by atoms with Crippen LogP contribution in [-0.2, 0) is 4.79 Å². The number of nitrogens with zero attached hydrogens (tertiary/aromatic N) is 3. The maximum Gasteiger partial charge on any atom is 0.244 e. The van der Waals surface area contributed by atoms with Crippen molar-refractivity contribution in [3.8, 4) is 0 Å². The fourth-order valence-corrected chi connectivity index (χ4v) is 3.60. The molecular weight excluding hydrogens is 314 g/mol. The predicted molar refractivity (Wildman–Crippen MR) is 104 cm³/mol. The number of carbonyl (C=O) groups is 1. The highest BCUT2D eigenvalue weighted by Crippen LogP contribution is 2.10. The van der Waals surface area contributed by atoms with E-state index in [0.717, 1.165) is 57.9 Å². The molecule has 0 aromatic heterocycles. The molecule has 144 valence electrons. The number of nitrogens with one attached hydrogen (secondary N) is 2. The Labute approximate surface area is 153 Å². The molecule has 2 aliphatic rings. The van der Waals surface area contributed by atoms with E-state index in [0.29, 0.717) is 0 Å². The minimum absolute atomic E-state index is 0.154. The zero-order valence-electron chi connectivity index (χ0n) is 16.1. The van der Waals surface area contributed by atoms with Crippen LogP contribution in [0.5, 0.6) is 0 Å². The van der Waals surface area contributed by atoms with Gasteiger partial charge in [0.1, 0.15) is 6.54 Å². The van der Waals surface area contributed by atoms with E-state index < -0.39 is 0 Å². The summed E-state index contributed by atoms with van der Waals surface area (Å²) in [7, 11) is 0. The molecule has 2 aliphatic heterocycles. The summed E-state index contributed by atoms with van der Waals surface area (Å²) in [6.45, 7) is 9.47. The third-order valence-corrected chi connectivity index (χ3v) is 5.07. The first kappa shape index (κ1) is 20.0. The summed E-state index contributed by atoms with van der Waals surface area (Å²) in [4.78, 5) is 21.2. The minimum atomic E-state index is 0.154. The number of guanidine groups is 1. The molecule has 1 amide bonds. The number of amides is 1. The maximum atomic E-state index is 12.2. The van der Waals surface area contributed by atoms with Crippen LogP contribution in [0.25, 0.3) is 0 Å². The lowest BCUT2D eigenvalue weighted by Gasteiger charge is -2.26. The second-order valence-corrected chi connectivity index (χ2v) is 7.17. The Balaban J connectivity index is 1.66. The second kappa shape index (κ2) is 12.1. The van der Waals surface area contributed by atoms with Crippen LogP contribution in [0.1, 0.15) is 58.3 Å². The van der Waals surface area contributed by atoms with Gasteiger partial charge in [-0.2, -0.15) is 0 Å². The van der Waals surface area contributed by atoms with E-state index in [1.165, 1.54) is 45.2 Å². The van der Waals surface area contributed by atoms with Crippen LogP contribution in [-0.4, -0.2) is 74.0 Å². The molecule has 0 radical (unpaired) electrons. The van der Waals surface area contributed by atoms with Gasteiger partial charge in [-0.15, -0.1) is 0 Å². The highest BCUT2D eigenvalue weighted by molar-refractivity contribution is 5.84. The first-order chi connectivity index (χ1) is 12.3. The van der Waals surface area contributed by atoms with Crippen LogP contribution in [0, 0.1) is 0 Å². The van der Waals surface area contributed by atoms with Crippen molar-refractivity contribution in [2.24, 2.45) is 4.99 Å². The Bertz CT molecular complexity index is 399. The van der Waals surface area contributed by atoms with Gasteiger partial charge in [0.2, 0.25) is 5.91 Å². The standard InChI is InChI=1S/C19H37N5O/c1-2-20-19(22-17-18(25)24-15-8-5-9-16-24)21-11-10-14-23-12-6-3-4-7-13-23/h2-17H2,1H3,(H2,20,21,22). The monoisotopic (exact) mass is 351 g/mol. The zero-order chi connectivity index (χ0) is 17.7. The van der Waals surface area contributed by atoms with Crippen molar-refractivity contribution in [2.45, 2.75) is 58.3 Å². The van der Waals surface area contributed by atoms with E-state index in [9.17, 15) is 4.79 Å². The average molecular weight is 352 g/mol. The van der Waals surface area contributed by atoms with Gasteiger partial charge in [0.15, 0.2) is 5.96 Å². The molecule has 2 rings (SSSR count). The molecule has 25 heavy (non-hydrogen) atoms. The van der Waals surface area contributed by atoms with E-state index in [4.69, 9.17) is 0 Å². The third kappa shape index (κ3) is 8.08. The number of rotatable bonds is 7. The van der Waals surface area contributed by atoms with Crippen LogP contribution in [0.2, 0.25) is 0 Å². The van der Waals surface area contributed by atoms with Gasteiger partial charge in [0, 0.05) is 26.2 Å². The molecule has 0 unspecified atom stereocenters. The molecule has 2 fully saturated rings. The Morgan fingerprint density at radius 1 is 0.920 bits per heavy atom. The Morgan fingerprint density at radius 3 is 2.24 bits per heavy atom. The lowest BCUT2D eigenvalue weighted by molar-refractivity contribution is -0.130. The number of likely N-dealkylation sites (tertiary alicyclic amines) is 2. The topological polar surface area (TPSA) is 60.0 Å². The SMILES string of the molecule is CCNC(=NCC(=O)N1CCCCC1)NCCCN1CCCCCC1. The summed E-state index contributed by atoms with van der Waals surface area (Å²) >= 11 is 0. The van der Waals surface area contributed by atoms with Gasteiger partial charge < -0.3 is 20.4 Å². The molecule has 2 heterocycles. The van der Waals surface area contributed by atoms with Crippen LogP contribution >= 0.6 is 0 Å². The summed E-state index contributed by atoms with van der Waals surface area (Å²) in [5.41, 5.74) is 0. The number of aliphatic imine (C=N–C) groups is 1. The van der Waals surface area contributed by atoms with Crippen LogP contribution in [0.4, 0.5) is 0 Å². The van der Waals surface area contributed by atoms with Crippen molar-refractivity contribution < 1.29 is 4.79 Å². The van der Waals surface area contributed by atoms with Crippen molar-refractivity contribution in [1.82, 2.24) is 20.4 Å². The summed E-state index contributed by atoms with van der Waals surface area (Å²) < 4.78 is 0. The molecule has 0 saturated carbocycles. The Hall–Kier alpha value is -1.30. The van der Waals surface area contributed by atoms with Gasteiger partial charge in [-0.25, -0.2) is 4.99 Å². The van der Waals surface area contributed by atoms with Crippen molar-refractivity contribution in [3.05, 3.63) is 0 Å². The van der Waals surface area contributed by atoms with Crippen molar-refractivity contribution >= 4 is 11.9 Å². The van der Waals surface area contributed by atoms with Crippen LogP contribution in [0.3, 0.4) is 0 Å². The number of hydrogen-bond donors (Lipinski definition) is 2. The Kier molecular flexibility index (Phi) is 9.70. The molecule has 6 nitrogen and oxygen atoms in total. The van der Waals surface area contributed by atoms with Gasteiger partial charge >= 0.3 is 0 Å². The molecule has 0 bridgehead atoms. The van der Waals surface area contributed by atoms with E-state index >= 15 is 0 Å². The first-order valence-corrected chi connectivity index (χ1v) is 10.3. The average Bonchev–Trinajstić information content (AvgIpc) is 2.92. The van der Waals surface area contributed by atoms with Gasteiger partial charge in [-0.05, 0) is 65.1 Å². The van der Waals surface area contributed by atoms with Crippen molar-refractivity contribution in [2.75, 3.05) is 52.4 Å². The number of piperidine rings is 1. The Morgan fingerprint density at radius 2 is 1.56 bits per heavy atom. The van der Waals surface area contributed by atoms with Crippen molar-refractivity contribution in [1.29, 1.82) is 0 Å². The molecule has 2 saturated heterocycles. The van der Waals surface area contributed by atoms with E-state index in [2.05, 4.69) is 27.4 Å². The molecule has 2 N–H and O–H groups in total. The lowest BCUT2D eigenvalue weighted by Crippen LogP contribution is -2.41. The third-order valence-electron chi connectivity index (χ3n) is 5.07. The molecule has 0 aromatic carbocycles. The maximum absolute atomic E-state index is 12.2. The largest absolute Gasteiger partial charge is 0.357 e. The fraction of sp³-hybridized carbons (Fsp3) is 0.895. The van der Waals surface area contributed by atoms with Gasteiger partial charge in [0.05, 0.1) is 0 Å². The van der Waals surface area contributed by atoms with E-state index in [1.54, 1.807) is 0 Å². The normalized spacial score (nSPS) is 20.2. The van der Waals surface area contributed by atoms with E-state index in [-0.39, 0.29) is 12.5 Å². The molecule has 0 atom stereocenters. The molecule has 6 heteroatoms. The van der Waals surface area contributed by atoms with Gasteiger partial charge in [-0.3, -0.25) is 4.79 Å². The van der Waals surface area contributed by atoms with Crippen molar-refractivity contribution in [3.63, 3.8) is 0 Å². The molecule has 0 aliphatic carbocycles. The predicted octanol–water partition coefficient (Wildman–Crippen LogP) is 1.82. The molecular formula is C19H37N5O. The van der Waals surface area contributed by atoms with Crippen LogP contribution < -0.4 is 10.6 Å². The first-order valence-electron chi connectivity index (χ1n) is 10.3. The quantitative estimate of drug-likeness (QED) is 0.417. The highest BCUT2D eigenvalue weighted by atomic mass is 16.2. The highest BCUT2D eigenvalue weighted by Gasteiger charge is 2.16. The number of carbonyl (C=O) groups excluding carboxylic acids is 1. The van der Waals surface area contributed by atoms with Gasteiger partial charge in [0.25, 0.3) is 0 Å². The van der Waals surface area contributed by atoms with E-state index in [1.807, 2.05) is 4.90 Å². The summed E-state index contributed by atoms with van der Waals surface area (Å²) in [5, 5.41) is 6.62. The molecule has 0 spiro atoms. The smallest absolute Gasteiger partial charge is 0.244 e. The van der Waals surface area contributed by atoms with Crippen LogP contribution in [0.15, 0.2) is 4.99 Å².